The van der Waals surface area contributed by atoms with E-state index in [1.807, 2.05) is 48.9 Å². The number of aromatic nitrogens is 2. The third-order valence-electron chi connectivity index (χ3n) is 4.66. The van der Waals surface area contributed by atoms with Crippen LogP contribution in [0.15, 0.2) is 54.6 Å². The molecular weight excluding hydrogens is 376 g/mol. The summed E-state index contributed by atoms with van der Waals surface area (Å²) >= 11 is 0. The van der Waals surface area contributed by atoms with Crippen molar-refractivity contribution in [2.75, 3.05) is 6.54 Å². The summed E-state index contributed by atoms with van der Waals surface area (Å²) < 4.78 is 30.5. The van der Waals surface area contributed by atoms with Crippen molar-refractivity contribution in [3.63, 3.8) is 0 Å². The fraction of sp³-hybridized carbons (Fsp3) is 0.273. The molecule has 0 aliphatic carbocycles. The lowest BCUT2D eigenvalue weighted by molar-refractivity contribution is -0.120. The van der Waals surface area contributed by atoms with Gasteiger partial charge in [0.2, 0.25) is 5.91 Å². The second-order valence-electron chi connectivity index (χ2n) is 6.70. The van der Waals surface area contributed by atoms with Crippen molar-refractivity contribution in [3.05, 3.63) is 77.1 Å². The molecule has 0 fully saturated rings. The number of carbonyl (C=O) groups excluding carboxylic acids is 1. The summed E-state index contributed by atoms with van der Waals surface area (Å²) in [6.45, 7) is 1.48. The Balaban J connectivity index is 1.54. The van der Waals surface area contributed by atoms with Crippen LogP contribution in [0.2, 0.25) is 0 Å². The van der Waals surface area contributed by atoms with E-state index in [9.17, 15) is 13.6 Å². The van der Waals surface area contributed by atoms with Gasteiger partial charge in [0.1, 0.15) is 5.75 Å². The van der Waals surface area contributed by atoms with E-state index in [1.54, 1.807) is 12.1 Å². The standard InChI is InChI=1S/C22H23F2N3O2/c1-15-20(16(2)27(26-15)18-6-4-3-5-7-18)14-21(28)25-13-12-17-8-10-19(11-9-17)29-22(23)24/h3-11,22H,12-14H2,1-2H3,(H,25,28). The van der Waals surface area contributed by atoms with Crippen LogP contribution in [0.4, 0.5) is 8.78 Å². The summed E-state index contributed by atoms with van der Waals surface area (Å²) in [6.07, 6.45) is 0.855. The maximum Gasteiger partial charge on any atom is 0.387 e. The molecule has 5 nitrogen and oxygen atoms in total. The molecule has 0 spiro atoms. The van der Waals surface area contributed by atoms with Gasteiger partial charge >= 0.3 is 6.61 Å². The maximum atomic E-state index is 12.4. The number of alkyl halides is 2. The fourth-order valence-electron chi connectivity index (χ4n) is 3.16. The van der Waals surface area contributed by atoms with Gasteiger partial charge in [-0.2, -0.15) is 13.9 Å². The van der Waals surface area contributed by atoms with E-state index in [4.69, 9.17) is 0 Å². The molecule has 0 aliphatic rings. The number of aryl methyl sites for hydroxylation is 1. The fourth-order valence-corrected chi connectivity index (χ4v) is 3.16. The Bertz CT molecular complexity index is 954. The first-order valence-corrected chi connectivity index (χ1v) is 9.35. The lowest BCUT2D eigenvalue weighted by atomic mass is 10.1. The van der Waals surface area contributed by atoms with Crippen LogP contribution in [0.1, 0.15) is 22.5 Å². The topological polar surface area (TPSA) is 56.2 Å². The minimum absolute atomic E-state index is 0.0820. The molecule has 0 saturated heterocycles. The number of amides is 1. The number of hydrogen-bond donors (Lipinski definition) is 1. The normalized spacial score (nSPS) is 10.9. The molecule has 0 aliphatic heterocycles. The van der Waals surface area contributed by atoms with Gasteiger partial charge in [-0.3, -0.25) is 4.79 Å². The molecular formula is C22H23F2N3O2. The van der Waals surface area contributed by atoms with Gasteiger partial charge in [-0.25, -0.2) is 4.68 Å². The zero-order valence-electron chi connectivity index (χ0n) is 16.4. The van der Waals surface area contributed by atoms with E-state index < -0.39 is 6.61 Å². The van der Waals surface area contributed by atoms with Gasteiger partial charge in [0, 0.05) is 17.8 Å². The largest absolute Gasteiger partial charge is 0.435 e. The molecule has 152 valence electrons. The molecule has 0 radical (unpaired) electrons. The van der Waals surface area contributed by atoms with Gasteiger partial charge in [-0.15, -0.1) is 0 Å². The van der Waals surface area contributed by atoms with Gasteiger partial charge in [-0.05, 0) is 50.1 Å². The Hall–Kier alpha value is -3.22. The van der Waals surface area contributed by atoms with Crippen LogP contribution in [0.25, 0.3) is 5.69 Å². The molecule has 1 amide bonds. The van der Waals surface area contributed by atoms with E-state index in [0.717, 1.165) is 28.2 Å². The molecule has 0 bridgehead atoms. The minimum Gasteiger partial charge on any atom is -0.435 e. The van der Waals surface area contributed by atoms with Crippen molar-refractivity contribution in [2.24, 2.45) is 0 Å². The number of rotatable bonds is 8. The van der Waals surface area contributed by atoms with Crippen molar-refractivity contribution in [1.29, 1.82) is 0 Å². The average Bonchev–Trinajstić information content (AvgIpc) is 2.98. The molecule has 3 aromatic rings. The molecule has 1 heterocycles. The van der Waals surface area contributed by atoms with Crippen molar-refractivity contribution >= 4 is 5.91 Å². The van der Waals surface area contributed by atoms with Crippen molar-refractivity contribution < 1.29 is 18.3 Å². The number of nitrogens with one attached hydrogen (secondary N) is 1. The molecule has 29 heavy (non-hydrogen) atoms. The van der Waals surface area contributed by atoms with E-state index in [-0.39, 0.29) is 18.1 Å². The molecule has 1 aromatic heterocycles. The minimum atomic E-state index is -2.83. The Morgan fingerprint density at radius 3 is 2.45 bits per heavy atom. The van der Waals surface area contributed by atoms with Crippen molar-refractivity contribution in [3.8, 4) is 11.4 Å². The first-order valence-electron chi connectivity index (χ1n) is 9.35. The van der Waals surface area contributed by atoms with Crippen LogP contribution >= 0.6 is 0 Å². The molecule has 7 heteroatoms. The number of ether oxygens (including phenoxy) is 1. The van der Waals surface area contributed by atoms with Gasteiger partial charge < -0.3 is 10.1 Å². The third-order valence-corrected chi connectivity index (χ3v) is 4.66. The van der Waals surface area contributed by atoms with Gasteiger partial charge in [-0.1, -0.05) is 30.3 Å². The summed E-state index contributed by atoms with van der Waals surface area (Å²) in [6, 6.07) is 16.2. The zero-order chi connectivity index (χ0) is 20.8. The Labute approximate surface area is 168 Å². The Kier molecular flexibility index (Phi) is 6.59. The van der Waals surface area contributed by atoms with E-state index in [0.29, 0.717) is 13.0 Å². The van der Waals surface area contributed by atoms with E-state index in [2.05, 4.69) is 15.2 Å². The van der Waals surface area contributed by atoms with Crippen LogP contribution in [-0.2, 0) is 17.6 Å². The molecule has 1 N–H and O–H groups in total. The Morgan fingerprint density at radius 1 is 1.10 bits per heavy atom. The highest BCUT2D eigenvalue weighted by Crippen LogP contribution is 2.18. The van der Waals surface area contributed by atoms with Gasteiger partial charge in [0.25, 0.3) is 0 Å². The highest BCUT2D eigenvalue weighted by atomic mass is 19.3. The predicted octanol–water partition coefficient (Wildman–Crippen LogP) is 3.99. The maximum absolute atomic E-state index is 12.4. The first-order chi connectivity index (χ1) is 13.9. The molecule has 3 rings (SSSR count). The summed E-state index contributed by atoms with van der Waals surface area (Å²) in [7, 11) is 0. The van der Waals surface area contributed by atoms with Crippen molar-refractivity contribution in [2.45, 2.75) is 33.3 Å². The quantitative estimate of drug-likeness (QED) is 0.623. The van der Waals surface area contributed by atoms with Crippen LogP contribution < -0.4 is 10.1 Å². The number of nitrogens with zero attached hydrogens (tertiary/aromatic N) is 2. The second kappa shape index (κ2) is 9.32. The van der Waals surface area contributed by atoms with Crippen molar-refractivity contribution in [1.82, 2.24) is 15.1 Å². The molecule has 0 unspecified atom stereocenters. The lowest BCUT2D eigenvalue weighted by Crippen LogP contribution is -2.27. The summed E-state index contributed by atoms with van der Waals surface area (Å²) in [5, 5.41) is 7.46. The number of hydrogen-bond acceptors (Lipinski definition) is 3. The molecule has 0 saturated carbocycles. The predicted molar refractivity (Wildman–Crippen MR) is 107 cm³/mol. The Morgan fingerprint density at radius 2 is 1.79 bits per heavy atom. The zero-order valence-corrected chi connectivity index (χ0v) is 16.4. The monoisotopic (exact) mass is 399 g/mol. The van der Waals surface area contributed by atoms with E-state index >= 15 is 0 Å². The number of carbonyl (C=O) groups is 1. The van der Waals surface area contributed by atoms with Crippen LogP contribution in [0.5, 0.6) is 5.75 Å². The molecule has 0 atom stereocenters. The first kappa shape index (κ1) is 20.5. The van der Waals surface area contributed by atoms with Crippen LogP contribution in [-0.4, -0.2) is 28.8 Å². The highest BCUT2D eigenvalue weighted by Gasteiger charge is 2.15. The van der Waals surface area contributed by atoms with Gasteiger partial charge in [0.05, 0.1) is 17.8 Å². The number of para-hydroxylation sites is 1. The SMILES string of the molecule is Cc1nn(-c2ccccc2)c(C)c1CC(=O)NCCc1ccc(OC(F)F)cc1. The smallest absolute Gasteiger partial charge is 0.387 e. The summed E-state index contributed by atoms with van der Waals surface area (Å²) in [5.74, 6) is 0.0376. The molecule has 2 aromatic carbocycles. The summed E-state index contributed by atoms with van der Waals surface area (Å²) in [5.41, 5.74) is 4.57. The summed E-state index contributed by atoms with van der Waals surface area (Å²) in [4.78, 5) is 12.4. The number of halogens is 2. The van der Waals surface area contributed by atoms with E-state index in [1.165, 1.54) is 12.1 Å². The third kappa shape index (κ3) is 5.40. The number of benzene rings is 2. The van der Waals surface area contributed by atoms with Gasteiger partial charge in [0.15, 0.2) is 0 Å². The van der Waals surface area contributed by atoms with Crippen LogP contribution in [0, 0.1) is 13.8 Å². The average molecular weight is 399 g/mol. The second-order valence-corrected chi connectivity index (χ2v) is 6.70. The lowest BCUT2D eigenvalue weighted by Gasteiger charge is -2.08. The van der Waals surface area contributed by atoms with Crippen LogP contribution in [0.3, 0.4) is 0 Å². The highest BCUT2D eigenvalue weighted by molar-refractivity contribution is 5.79.